The molecule has 0 atom stereocenters. The van der Waals surface area contributed by atoms with Crippen LogP contribution in [0.5, 0.6) is 0 Å². The SMILES string of the molecule is CCn1cc(S(=O)(=O)N2CCN(CC(C)C)CC2)c(N)n1. The van der Waals surface area contributed by atoms with Gasteiger partial charge < -0.3 is 10.6 Å². The zero-order valence-corrected chi connectivity index (χ0v) is 13.8. The molecular weight excluding hydrogens is 290 g/mol. The summed E-state index contributed by atoms with van der Waals surface area (Å²) in [6.45, 7) is 10.4. The Morgan fingerprint density at radius 1 is 1.29 bits per heavy atom. The van der Waals surface area contributed by atoms with Gasteiger partial charge in [0.25, 0.3) is 0 Å². The number of aromatic nitrogens is 2. The van der Waals surface area contributed by atoms with Gasteiger partial charge in [-0.05, 0) is 12.8 Å². The first-order chi connectivity index (χ1) is 9.84. The number of nitrogen functional groups attached to an aromatic ring is 1. The Labute approximate surface area is 126 Å². The fourth-order valence-corrected chi connectivity index (χ4v) is 4.07. The van der Waals surface area contributed by atoms with Crippen molar-refractivity contribution < 1.29 is 8.42 Å². The molecule has 0 spiro atoms. The van der Waals surface area contributed by atoms with E-state index < -0.39 is 10.0 Å². The number of nitrogens with two attached hydrogens (primary N) is 1. The maximum Gasteiger partial charge on any atom is 0.248 e. The average molecular weight is 315 g/mol. The van der Waals surface area contributed by atoms with Crippen molar-refractivity contribution in [1.29, 1.82) is 0 Å². The molecule has 0 unspecified atom stereocenters. The number of hydrogen-bond acceptors (Lipinski definition) is 5. The minimum atomic E-state index is -3.54. The maximum atomic E-state index is 12.6. The molecule has 1 saturated heterocycles. The highest BCUT2D eigenvalue weighted by Gasteiger charge is 2.31. The third-order valence-electron chi connectivity index (χ3n) is 3.65. The normalized spacial score (nSPS) is 18.5. The highest BCUT2D eigenvalue weighted by Crippen LogP contribution is 2.22. The topological polar surface area (TPSA) is 84.5 Å². The monoisotopic (exact) mass is 315 g/mol. The van der Waals surface area contributed by atoms with Gasteiger partial charge in [-0.2, -0.15) is 9.40 Å². The van der Waals surface area contributed by atoms with Crippen LogP contribution in [0.25, 0.3) is 0 Å². The van der Waals surface area contributed by atoms with Gasteiger partial charge in [-0.3, -0.25) is 4.68 Å². The number of piperazine rings is 1. The summed E-state index contributed by atoms with van der Waals surface area (Å²) in [6, 6.07) is 0. The van der Waals surface area contributed by atoms with Crippen LogP contribution in [-0.4, -0.2) is 60.1 Å². The Hall–Kier alpha value is -1.12. The van der Waals surface area contributed by atoms with Crippen LogP contribution >= 0.6 is 0 Å². The lowest BCUT2D eigenvalue weighted by Gasteiger charge is -2.34. The highest BCUT2D eigenvalue weighted by molar-refractivity contribution is 7.89. The molecule has 2 rings (SSSR count). The lowest BCUT2D eigenvalue weighted by molar-refractivity contribution is 0.172. The largest absolute Gasteiger partial charge is 0.381 e. The molecule has 2 heterocycles. The molecule has 120 valence electrons. The summed E-state index contributed by atoms with van der Waals surface area (Å²) in [7, 11) is -3.54. The van der Waals surface area contributed by atoms with Gasteiger partial charge in [0.1, 0.15) is 4.90 Å². The van der Waals surface area contributed by atoms with Gasteiger partial charge in [0.15, 0.2) is 5.82 Å². The van der Waals surface area contributed by atoms with Gasteiger partial charge in [-0.1, -0.05) is 13.8 Å². The van der Waals surface area contributed by atoms with Crippen molar-refractivity contribution in [3.63, 3.8) is 0 Å². The second-order valence-corrected chi connectivity index (χ2v) is 7.74. The van der Waals surface area contributed by atoms with E-state index in [1.807, 2.05) is 6.92 Å². The van der Waals surface area contributed by atoms with E-state index >= 15 is 0 Å². The molecule has 0 bridgehead atoms. The number of anilines is 1. The van der Waals surface area contributed by atoms with Gasteiger partial charge >= 0.3 is 0 Å². The molecule has 1 aromatic rings. The summed E-state index contributed by atoms with van der Waals surface area (Å²) in [4.78, 5) is 2.43. The zero-order chi connectivity index (χ0) is 15.6. The molecule has 0 saturated carbocycles. The van der Waals surface area contributed by atoms with Crippen molar-refractivity contribution in [3.05, 3.63) is 6.20 Å². The number of rotatable bonds is 5. The predicted octanol–water partition coefficient (Wildman–Crippen LogP) is 0.448. The Kier molecular flexibility index (Phi) is 4.90. The molecule has 7 nitrogen and oxygen atoms in total. The number of hydrogen-bond donors (Lipinski definition) is 1. The first kappa shape index (κ1) is 16.3. The molecule has 1 fully saturated rings. The van der Waals surface area contributed by atoms with Crippen LogP contribution in [0.1, 0.15) is 20.8 Å². The smallest absolute Gasteiger partial charge is 0.248 e. The van der Waals surface area contributed by atoms with Crippen molar-refractivity contribution in [2.24, 2.45) is 5.92 Å². The first-order valence-corrected chi connectivity index (χ1v) is 8.84. The third-order valence-corrected chi connectivity index (χ3v) is 5.57. The minimum absolute atomic E-state index is 0.0847. The number of nitrogens with zero attached hydrogens (tertiary/aromatic N) is 4. The fourth-order valence-electron chi connectivity index (χ4n) is 2.59. The molecule has 1 aliphatic rings. The van der Waals surface area contributed by atoms with Gasteiger partial charge in [0, 0.05) is 45.5 Å². The number of aryl methyl sites for hydroxylation is 1. The average Bonchev–Trinajstić information content (AvgIpc) is 2.81. The lowest BCUT2D eigenvalue weighted by Crippen LogP contribution is -2.49. The van der Waals surface area contributed by atoms with E-state index in [0.29, 0.717) is 25.6 Å². The summed E-state index contributed by atoms with van der Waals surface area (Å²) >= 11 is 0. The maximum absolute atomic E-state index is 12.6. The highest BCUT2D eigenvalue weighted by atomic mass is 32.2. The van der Waals surface area contributed by atoms with Crippen LogP contribution in [0.4, 0.5) is 5.82 Å². The molecular formula is C13H25N5O2S. The van der Waals surface area contributed by atoms with Gasteiger partial charge in [0.05, 0.1) is 0 Å². The molecule has 8 heteroatoms. The molecule has 0 radical (unpaired) electrons. The first-order valence-electron chi connectivity index (χ1n) is 7.40. The van der Waals surface area contributed by atoms with Crippen molar-refractivity contribution >= 4 is 15.8 Å². The molecule has 21 heavy (non-hydrogen) atoms. The standard InChI is InChI=1S/C13H25N5O2S/c1-4-17-10-12(13(14)15-17)21(19,20)18-7-5-16(6-8-18)9-11(2)3/h10-11H,4-9H2,1-3H3,(H2,14,15). The van der Waals surface area contributed by atoms with Crippen LogP contribution in [0.15, 0.2) is 11.1 Å². The van der Waals surface area contributed by atoms with E-state index in [4.69, 9.17) is 5.73 Å². The fraction of sp³-hybridized carbons (Fsp3) is 0.769. The van der Waals surface area contributed by atoms with E-state index in [0.717, 1.165) is 19.6 Å². The van der Waals surface area contributed by atoms with Crippen LogP contribution in [0.3, 0.4) is 0 Å². The van der Waals surface area contributed by atoms with Crippen molar-refractivity contribution in [2.75, 3.05) is 38.5 Å². The lowest BCUT2D eigenvalue weighted by atomic mass is 10.2. The molecule has 1 aromatic heterocycles. The zero-order valence-electron chi connectivity index (χ0n) is 13.0. The quantitative estimate of drug-likeness (QED) is 0.852. The Bertz CT molecular complexity index is 573. The predicted molar refractivity (Wildman–Crippen MR) is 82.4 cm³/mol. The van der Waals surface area contributed by atoms with Crippen LogP contribution < -0.4 is 5.73 Å². The Morgan fingerprint density at radius 2 is 1.90 bits per heavy atom. The third kappa shape index (κ3) is 3.56. The summed E-state index contributed by atoms with van der Waals surface area (Å²) in [5.74, 6) is 0.674. The molecule has 0 aromatic carbocycles. The summed E-state index contributed by atoms with van der Waals surface area (Å²) < 4.78 is 28.3. The second-order valence-electron chi connectivity index (χ2n) is 5.83. The van der Waals surface area contributed by atoms with E-state index in [1.165, 1.54) is 10.5 Å². The summed E-state index contributed by atoms with van der Waals surface area (Å²) in [6.07, 6.45) is 1.52. The van der Waals surface area contributed by atoms with Crippen LogP contribution in [-0.2, 0) is 16.6 Å². The van der Waals surface area contributed by atoms with Crippen molar-refractivity contribution in [1.82, 2.24) is 19.0 Å². The summed E-state index contributed by atoms with van der Waals surface area (Å²) in [5.41, 5.74) is 5.75. The molecule has 0 amide bonds. The Morgan fingerprint density at radius 3 is 2.38 bits per heavy atom. The van der Waals surface area contributed by atoms with Gasteiger partial charge in [-0.25, -0.2) is 8.42 Å². The van der Waals surface area contributed by atoms with Gasteiger partial charge in [0.2, 0.25) is 10.0 Å². The molecule has 2 N–H and O–H groups in total. The van der Waals surface area contributed by atoms with Crippen molar-refractivity contribution in [2.45, 2.75) is 32.2 Å². The summed E-state index contributed by atoms with van der Waals surface area (Å²) in [5, 5.41) is 4.02. The van der Waals surface area contributed by atoms with Crippen molar-refractivity contribution in [3.8, 4) is 0 Å². The van der Waals surface area contributed by atoms with Crippen LogP contribution in [0, 0.1) is 5.92 Å². The number of sulfonamides is 1. The van der Waals surface area contributed by atoms with E-state index in [9.17, 15) is 8.42 Å². The molecule has 1 aliphatic heterocycles. The van der Waals surface area contributed by atoms with E-state index in [1.54, 1.807) is 4.68 Å². The van der Waals surface area contributed by atoms with E-state index in [2.05, 4.69) is 23.8 Å². The van der Waals surface area contributed by atoms with Crippen LogP contribution in [0.2, 0.25) is 0 Å². The molecule has 0 aliphatic carbocycles. The van der Waals surface area contributed by atoms with Gasteiger partial charge in [-0.15, -0.1) is 0 Å². The second kappa shape index (κ2) is 6.33. The van der Waals surface area contributed by atoms with E-state index in [-0.39, 0.29) is 10.7 Å². The minimum Gasteiger partial charge on any atom is -0.381 e. The Balaban J connectivity index is 2.09.